The first-order chi connectivity index (χ1) is 7.11. The molecule has 0 radical (unpaired) electrons. The van der Waals surface area contributed by atoms with Crippen molar-refractivity contribution >= 4 is 5.78 Å². The number of rotatable bonds is 5. The molecule has 15 heavy (non-hydrogen) atoms. The predicted molar refractivity (Wildman–Crippen MR) is 59.4 cm³/mol. The Balaban J connectivity index is 2.41. The van der Waals surface area contributed by atoms with E-state index in [9.17, 15) is 9.90 Å². The minimum absolute atomic E-state index is 0.171. The Labute approximate surface area is 89.9 Å². The van der Waals surface area contributed by atoms with E-state index in [1.165, 1.54) is 6.92 Å². The summed E-state index contributed by atoms with van der Waals surface area (Å²) in [4.78, 5) is 10.9. The van der Waals surface area contributed by atoms with Gasteiger partial charge in [-0.1, -0.05) is 30.3 Å². The van der Waals surface area contributed by atoms with Crippen LogP contribution in [0.2, 0.25) is 0 Å². The van der Waals surface area contributed by atoms with Crippen LogP contribution in [-0.2, 0) is 11.2 Å². The fraction of sp³-hybridized carbons (Fsp3) is 0.417. The van der Waals surface area contributed by atoms with Gasteiger partial charge in [0.1, 0.15) is 5.78 Å². The normalized spacial score (nSPS) is 14.6. The lowest BCUT2D eigenvalue weighted by molar-refractivity contribution is -0.120. The maximum Gasteiger partial charge on any atom is 0.149 e. The molecule has 0 aliphatic heterocycles. The molecule has 0 aromatic heterocycles. The van der Waals surface area contributed by atoms with Crippen LogP contribution >= 0.6 is 0 Å². The summed E-state index contributed by atoms with van der Waals surface area (Å²) in [5.41, 5.74) is 6.67. The smallest absolute Gasteiger partial charge is 0.149 e. The number of aliphatic hydroxyl groups excluding tert-OH is 1. The van der Waals surface area contributed by atoms with Gasteiger partial charge in [-0.2, -0.15) is 0 Å². The predicted octanol–water partition coefficient (Wildman–Crippen LogP) is 0.896. The van der Waals surface area contributed by atoms with Crippen molar-refractivity contribution in [3.8, 4) is 0 Å². The van der Waals surface area contributed by atoms with Crippen molar-refractivity contribution in [3.05, 3.63) is 35.9 Å². The number of ketones is 1. The van der Waals surface area contributed by atoms with E-state index < -0.39 is 12.1 Å². The van der Waals surface area contributed by atoms with Crippen LogP contribution in [-0.4, -0.2) is 23.0 Å². The lowest BCUT2D eigenvalue weighted by Gasteiger charge is -2.15. The van der Waals surface area contributed by atoms with Crippen molar-refractivity contribution in [1.29, 1.82) is 0 Å². The number of benzene rings is 1. The molecule has 2 atom stereocenters. The number of aliphatic hydroxyl groups is 1. The molecule has 3 nitrogen and oxygen atoms in total. The van der Waals surface area contributed by atoms with Gasteiger partial charge in [-0.25, -0.2) is 0 Å². The summed E-state index contributed by atoms with van der Waals surface area (Å²) in [6.45, 7) is 1.40. The standard InChI is InChI=1S/C12H17NO2/c1-9(14)12(13)11(15)8-7-10-5-3-2-4-6-10/h2-6,11-12,15H,7-8,13H2,1H3/t11-,12-/m1/s1. The highest BCUT2D eigenvalue weighted by atomic mass is 16.3. The minimum atomic E-state index is -0.756. The monoisotopic (exact) mass is 207 g/mol. The van der Waals surface area contributed by atoms with Crippen LogP contribution in [0, 0.1) is 0 Å². The first-order valence-corrected chi connectivity index (χ1v) is 5.09. The van der Waals surface area contributed by atoms with Crippen LogP contribution in [0.3, 0.4) is 0 Å². The highest BCUT2D eigenvalue weighted by Gasteiger charge is 2.18. The van der Waals surface area contributed by atoms with Crippen LogP contribution in [0.25, 0.3) is 0 Å². The Morgan fingerprint density at radius 2 is 2.00 bits per heavy atom. The third-order valence-corrected chi connectivity index (χ3v) is 2.46. The van der Waals surface area contributed by atoms with E-state index in [0.717, 1.165) is 12.0 Å². The van der Waals surface area contributed by atoms with Gasteiger partial charge >= 0.3 is 0 Å². The average Bonchev–Trinajstić information content (AvgIpc) is 2.26. The number of hydrogen-bond donors (Lipinski definition) is 2. The molecule has 0 bridgehead atoms. The first kappa shape index (κ1) is 11.9. The van der Waals surface area contributed by atoms with Gasteiger partial charge in [0.2, 0.25) is 0 Å². The molecule has 3 N–H and O–H groups in total. The van der Waals surface area contributed by atoms with Gasteiger partial charge in [0.05, 0.1) is 12.1 Å². The third kappa shape index (κ3) is 3.81. The molecule has 1 rings (SSSR count). The zero-order chi connectivity index (χ0) is 11.3. The second-order valence-electron chi connectivity index (χ2n) is 3.73. The average molecular weight is 207 g/mol. The molecule has 1 aromatic carbocycles. The van der Waals surface area contributed by atoms with Gasteiger partial charge in [0, 0.05) is 0 Å². The van der Waals surface area contributed by atoms with Crippen LogP contribution in [0.4, 0.5) is 0 Å². The topological polar surface area (TPSA) is 63.3 Å². The summed E-state index contributed by atoms with van der Waals surface area (Å²) in [6, 6.07) is 9.08. The van der Waals surface area contributed by atoms with E-state index in [-0.39, 0.29) is 5.78 Å². The summed E-state index contributed by atoms with van der Waals surface area (Å²) < 4.78 is 0. The maximum absolute atomic E-state index is 10.9. The highest BCUT2D eigenvalue weighted by molar-refractivity contribution is 5.81. The number of Topliss-reactive ketones (excluding diaryl/α,β-unsaturated/α-hetero) is 1. The Hall–Kier alpha value is -1.19. The molecule has 0 saturated heterocycles. The second-order valence-corrected chi connectivity index (χ2v) is 3.73. The number of nitrogens with two attached hydrogens (primary N) is 1. The lowest BCUT2D eigenvalue weighted by Crippen LogP contribution is -2.40. The number of carbonyl (C=O) groups excluding carboxylic acids is 1. The van der Waals surface area contributed by atoms with E-state index >= 15 is 0 Å². The third-order valence-electron chi connectivity index (χ3n) is 2.46. The highest BCUT2D eigenvalue weighted by Crippen LogP contribution is 2.06. The molecule has 82 valence electrons. The van der Waals surface area contributed by atoms with Gasteiger partial charge in [0.15, 0.2) is 0 Å². The van der Waals surface area contributed by atoms with Crippen molar-refractivity contribution < 1.29 is 9.90 Å². The molecule has 0 saturated carbocycles. The number of hydrogen-bond acceptors (Lipinski definition) is 3. The fourth-order valence-electron chi connectivity index (χ4n) is 1.41. The summed E-state index contributed by atoms with van der Waals surface area (Å²) in [6.07, 6.45) is 0.510. The largest absolute Gasteiger partial charge is 0.391 e. The summed E-state index contributed by atoms with van der Waals surface area (Å²) in [5, 5.41) is 9.60. The molecular weight excluding hydrogens is 190 g/mol. The molecule has 0 aliphatic rings. The zero-order valence-electron chi connectivity index (χ0n) is 8.89. The summed E-state index contributed by atoms with van der Waals surface area (Å²) in [5.74, 6) is -0.171. The SMILES string of the molecule is CC(=O)[C@@H](N)[C@H](O)CCc1ccccc1. The lowest BCUT2D eigenvalue weighted by atomic mass is 10.0. The molecule has 0 unspecified atom stereocenters. The van der Waals surface area contributed by atoms with Gasteiger partial charge in [0.25, 0.3) is 0 Å². The van der Waals surface area contributed by atoms with E-state index in [0.29, 0.717) is 6.42 Å². The first-order valence-electron chi connectivity index (χ1n) is 5.09. The van der Waals surface area contributed by atoms with Crippen molar-refractivity contribution in [1.82, 2.24) is 0 Å². The van der Waals surface area contributed by atoms with Gasteiger partial charge < -0.3 is 10.8 Å². The Morgan fingerprint density at radius 3 is 2.53 bits per heavy atom. The maximum atomic E-state index is 10.9. The van der Waals surface area contributed by atoms with Crippen molar-refractivity contribution in [2.24, 2.45) is 5.73 Å². The molecule has 3 heteroatoms. The second kappa shape index (κ2) is 5.63. The molecule has 1 aromatic rings. The van der Waals surface area contributed by atoms with Crippen molar-refractivity contribution in [3.63, 3.8) is 0 Å². The van der Waals surface area contributed by atoms with E-state index in [2.05, 4.69) is 0 Å². The van der Waals surface area contributed by atoms with Gasteiger partial charge in [-0.15, -0.1) is 0 Å². The van der Waals surface area contributed by atoms with Crippen molar-refractivity contribution in [2.75, 3.05) is 0 Å². The molecule has 0 fully saturated rings. The van der Waals surface area contributed by atoms with Crippen LogP contribution in [0.1, 0.15) is 18.9 Å². The molecule has 0 heterocycles. The summed E-state index contributed by atoms with van der Waals surface area (Å²) >= 11 is 0. The van der Waals surface area contributed by atoms with E-state index in [1.54, 1.807) is 0 Å². The Morgan fingerprint density at radius 1 is 1.40 bits per heavy atom. The van der Waals surface area contributed by atoms with Crippen LogP contribution < -0.4 is 5.73 Å². The van der Waals surface area contributed by atoms with Crippen molar-refractivity contribution in [2.45, 2.75) is 31.9 Å². The number of aryl methyl sites for hydroxylation is 1. The minimum Gasteiger partial charge on any atom is -0.391 e. The van der Waals surface area contributed by atoms with Gasteiger partial charge in [-0.3, -0.25) is 4.79 Å². The van der Waals surface area contributed by atoms with E-state index in [4.69, 9.17) is 5.73 Å². The zero-order valence-corrected chi connectivity index (χ0v) is 8.89. The fourth-order valence-corrected chi connectivity index (χ4v) is 1.41. The molecule has 0 aliphatic carbocycles. The number of carbonyl (C=O) groups is 1. The molecular formula is C12H17NO2. The summed E-state index contributed by atoms with van der Waals surface area (Å²) in [7, 11) is 0. The molecule has 0 amide bonds. The Kier molecular flexibility index (Phi) is 4.46. The van der Waals surface area contributed by atoms with E-state index in [1.807, 2.05) is 30.3 Å². The van der Waals surface area contributed by atoms with Gasteiger partial charge in [-0.05, 0) is 25.3 Å². The van der Waals surface area contributed by atoms with Crippen LogP contribution in [0.5, 0.6) is 0 Å². The quantitative estimate of drug-likeness (QED) is 0.754. The Bertz CT molecular complexity index is 311. The van der Waals surface area contributed by atoms with Crippen LogP contribution in [0.15, 0.2) is 30.3 Å². The molecule has 0 spiro atoms.